The monoisotopic (exact) mass is 563 g/mol. The Kier molecular flexibility index (Phi) is 7.40. The molecular weight excluding hydrogens is 529 g/mol. The summed E-state index contributed by atoms with van der Waals surface area (Å²) in [5.41, 5.74) is 6.88. The van der Waals surface area contributed by atoms with E-state index in [0.29, 0.717) is 42.6 Å². The van der Waals surface area contributed by atoms with E-state index in [1.807, 2.05) is 18.2 Å². The molecule has 0 spiro atoms. The van der Waals surface area contributed by atoms with Crippen molar-refractivity contribution in [2.24, 2.45) is 5.92 Å². The lowest BCUT2D eigenvalue weighted by molar-refractivity contribution is -0.137. The van der Waals surface area contributed by atoms with Gasteiger partial charge in [0.1, 0.15) is 29.2 Å². The van der Waals surface area contributed by atoms with Crippen LogP contribution >= 0.6 is 11.9 Å². The largest absolute Gasteiger partial charge is 0.493 e. The second-order valence-electron chi connectivity index (χ2n) is 11.1. The molecule has 1 aliphatic carbocycles. The number of benzene rings is 3. The van der Waals surface area contributed by atoms with Crippen molar-refractivity contribution in [3.05, 3.63) is 76.1 Å². The molecule has 0 aromatic heterocycles. The number of fused-ring (bicyclic) bond motifs is 2. The Morgan fingerprint density at radius 3 is 2.62 bits per heavy atom. The highest BCUT2D eigenvalue weighted by atomic mass is 32.2. The number of nitrogens with zero attached hydrogens (tertiary/aromatic N) is 1. The SMILES string of the molecule is CSN1CC(COc2cc(C)c(-c3ccc(F)c4c3CC[C@H]4Oc3ccc4c(c3)OC[C@H]4CC(=O)O)c(C)c2)C1. The molecule has 3 aromatic carbocycles. The second-order valence-corrected chi connectivity index (χ2v) is 12.0. The molecule has 2 atom stereocenters. The number of rotatable bonds is 9. The van der Waals surface area contributed by atoms with Crippen LogP contribution in [0.4, 0.5) is 4.39 Å². The van der Waals surface area contributed by atoms with Gasteiger partial charge in [0.15, 0.2) is 0 Å². The third-order valence-corrected chi connectivity index (χ3v) is 9.10. The molecule has 8 heteroatoms. The van der Waals surface area contributed by atoms with Gasteiger partial charge < -0.3 is 19.3 Å². The van der Waals surface area contributed by atoms with Gasteiger partial charge in [-0.25, -0.2) is 8.70 Å². The molecule has 2 heterocycles. The van der Waals surface area contributed by atoms with Crippen molar-refractivity contribution in [3.8, 4) is 28.4 Å². The van der Waals surface area contributed by atoms with Crippen LogP contribution in [0.15, 0.2) is 42.5 Å². The lowest BCUT2D eigenvalue weighted by Crippen LogP contribution is -2.44. The predicted molar refractivity (Wildman–Crippen MR) is 154 cm³/mol. The molecule has 3 aromatic rings. The van der Waals surface area contributed by atoms with Crippen molar-refractivity contribution in [1.82, 2.24) is 4.31 Å². The molecule has 0 amide bonds. The first-order valence-electron chi connectivity index (χ1n) is 13.8. The van der Waals surface area contributed by atoms with Gasteiger partial charge in [-0.2, -0.15) is 0 Å². The lowest BCUT2D eigenvalue weighted by atomic mass is 9.90. The molecule has 1 saturated heterocycles. The number of aliphatic carboxylic acids is 1. The maximum atomic E-state index is 15.3. The highest BCUT2D eigenvalue weighted by Gasteiger charge is 2.32. The first-order valence-corrected chi connectivity index (χ1v) is 15.0. The van der Waals surface area contributed by atoms with Gasteiger partial charge >= 0.3 is 5.97 Å². The zero-order chi connectivity index (χ0) is 28.0. The fourth-order valence-corrected chi connectivity index (χ4v) is 7.04. The Hall–Kier alpha value is -3.23. The van der Waals surface area contributed by atoms with Crippen LogP contribution in [0.2, 0.25) is 0 Å². The van der Waals surface area contributed by atoms with Gasteiger partial charge in [-0.1, -0.05) is 24.1 Å². The fourth-order valence-electron chi connectivity index (χ4n) is 6.32. The van der Waals surface area contributed by atoms with E-state index in [-0.39, 0.29) is 18.2 Å². The highest BCUT2D eigenvalue weighted by molar-refractivity contribution is 7.96. The minimum atomic E-state index is -0.848. The highest BCUT2D eigenvalue weighted by Crippen LogP contribution is 2.45. The van der Waals surface area contributed by atoms with Crippen LogP contribution in [0.1, 0.15) is 52.7 Å². The van der Waals surface area contributed by atoms with Crippen LogP contribution in [-0.2, 0) is 11.2 Å². The minimum Gasteiger partial charge on any atom is -0.493 e. The topological polar surface area (TPSA) is 68.2 Å². The molecule has 0 saturated carbocycles. The van der Waals surface area contributed by atoms with Crippen molar-refractivity contribution in [1.29, 1.82) is 0 Å². The van der Waals surface area contributed by atoms with E-state index in [2.05, 4.69) is 36.5 Å². The summed E-state index contributed by atoms with van der Waals surface area (Å²) in [5.74, 6) is 1.41. The zero-order valence-electron chi connectivity index (χ0n) is 23.0. The van der Waals surface area contributed by atoms with Crippen LogP contribution in [-0.4, -0.2) is 47.9 Å². The second kappa shape index (κ2) is 11.0. The molecule has 6 rings (SSSR count). The molecule has 1 fully saturated rings. The molecule has 0 radical (unpaired) electrons. The van der Waals surface area contributed by atoms with E-state index in [1.54, 1.807) is 24.1 Å². The summed E-state index contributed by atoms with van der Waals surface area (Å²) in [6.07, 6.45) is 3.12. The van der Waals surface area contributed by atoms with Crippen molar-refractivity contribution in [2.75, 3.05) is 32.6 Å². The average molecular weight is 564 g/mol. The molecule has 1 N–H and O–H groups in total. The summed E-state index contributed by atoms with van der Waals surface area (Å²) in [5, 5.41) is 9.16. The van der Waals surface area contributed by atoms with Crippen LogP contribution < -0.4 is 14.2 Å². The Labute approximate surface area is 238 Å². The molecule has 2 aliphatic heterocycles. The summed E-state index contributed by atoms with van der Waals surface area (Å²) < 4.78 is 35.8. The van der Waals surface area contributed by atoms with E-state index in [1.165, 1.54) is 0 Å². The van der Waals surface area contributed by atoms with Crippen molar-refractivity contribution in [3.63, 3.8) is 0 Å². The number of aryl methyl sites for hydroxylation is 2. The number of hydrogen-bond donors (Lipinski definition) is 1. The maximum absolute atomic E-state index is 15.3. The van der Waals surface area contributed by atoms with Gasteiger partial charge in [0, 0.05) is 42.1 Å². The van der Waals surface area contributed by atoms with Gasteiger partial charge in [-0.15, -0.1) is 0 Å². The van der Waals surface area contributed by atoms with Crippen LogP contribution in [0.3, 0.4) is 0 Å². The van der Waals surface area contributed by atoms with Gasteiger partial charge in [0.25, 0.3) is 0 Å². The maximum Gasteiger partial charge on any atom is 0.304 e. The molecule has 6 nitrogen and oxygen atoms in total. The van der Waals surface area contributed by atoms with E-state index in [0.717, 1.165) is 58.6 Å². The zero-order valence-corrected chi connectivity index (χ0v) is 23.9. The van der Waals surface area contributed by atoms with Crippen molar-refractivity contribution < 1.29 is 28.5 Å². The third kappa shape index (κ3) is 5.15. The number of ether oxygens (including phenoxy) is 3. The average Bonchev–Trinajstić information content (AvgIpc) is 3.48. The summed E-state index contributed by atoms with van der Waals surface area (Å²) in [4.78, 5) is 11.2. The van der Waals surface area contributed by atoms with Gasteiger partial charge in [-0.3, -0.25) is 4.79 Å². The lowest BCUT2D eigenvalue weighted by Gasteiger charge is -2.36. The first kappa shape index (κ1) is 27.0. The summed E-state index contributed by atoms with van der Waals surface area (Å²) >= 11 is 1.78. The van der Waals surface area contributed by atoms with E-state index in [9.17, 15) is 4.79 Å². The van der Waals surface area contributed by atoms with Crippen molar-refractivity contribution >= 4 is 17.9 Å². The summed E-state index contributed by atoms with van der Waals surface area (Å²) in [6, 6.07) is 13.1. The number of halogens is 1. The number of hydrogen-bond acceptors (Lipinski definition) is 6. The third-order valence-electron chi connectivity index (χ3n) is 8.29. The van der Waals surface area contributed by atoms with Crippen LogP contribution in [0, 0.1) is 25.6 Å². The molecule has 0 bridgehead atoms. The summed E-state index contributed by atoms with van der Waals surface area (Å²) in [6.45, 7) is 7.37. The fraction of sp³-hybridized carbons (Fsp3) is 0.406. The normalized spacial score (nSPS) is 20.0. The number of carboxylic acids is 1. The molecule has 210 valence electrons. The van der Waals surface area contributed by atoms with Crippen LogP contribution in [0.25, 0.3) is 11.1 Å². The smallest absolute Gasteiger partial charge is 0.304 e. The molecular formula is C32H34FNO5S. The number of carbonyl (C=O) groups is 1. The van der Waals surface area contributed by atoms with Gasteiger partial charge in [0.05, 0.1) is 19.6 Å². The standard InChI is InChI=1S/C32H34FNO5S/c1-18-10-23(37-16-20-14-34(15-20)40-3)11-19(2)31(18)25-6-8-27(33)32-26(25)7-9-28(32)39-22-4-5-24-21(12-30(35)36)17-38-29(24)13-22/h4-6,8,10-11,13,20-21,28H,7,9,12,14-17H2,1-3H3,(H,35,36)/t21-,28-/m1/s1. The van der Waals surface area contributed by atoms with E-state index < -0.39 is 12.1 Å². The number of carboxylic acid groups (broad SMARTS) is 1. The van der Waals surface area contributed by atoms with Gasteiger partial charge in [-0.05, 0) is 85.0 Å². The Balaban J connectivity index is 1.21. The predicted octanol–water partition coefficient (Wildman–Crippen LogP) is 6.72. The van der Waals surface area contributed by atoms with Crippen LogP contribution in [0.5, 0.6) is 17.2 Å². The van der Waals surface area contributed by atoms with E-state index >= 15 is 4.39 Å². The quantitative estimate of drug-likeness (QED) is 0.290. The Morgan fingerprint density at radius 2 is 1.90 bits per heavy atom. The first-order chi connectivity index (χ1) is 19.3. The Bertz CT molecular complexity index is 1430. The molecule has 3 aliphatic rings. The molecule has 40 heavy (non-hydrogen) atoms. The van der Waals surface area contributed by atoms with Gasteiger partial charge in [0.2, 0.25) is 0 Å². The molecule has 0 unspecified atom stereocenters. The Morgan fingerprint density at radius 1 is 1.12 bits per heavy atom. The van der Waals surface area contributed by atoms with E-state index in [4.69, 9.17) is 19.3 Å². The summed E-state index contributed by atoms with van der Waals surface area (Å²) in [7, 11) is 0. The van der Waals surface area contributed by atoms with Crippen molar-refractivity contribution in [2.45, 2.75) is 45.1 Å². The minimum absolute atomic E-state index is 0.0284.